The third-order valence-electron chi connectivity index (χ3n) is 2.20. The molecule has 0 amide bonds. The molecule has 0 heterocycles. The Kier molecular flexibility index (Phi) is 3.51. The standard InChI is InChI=1S/C11H13ClN2/c1-7(2)11(14)9-5-8(6-13)3-4-10(9)12/h3-5,7,11H,14H2,1-2H3/t11-/m1/s1. The molecule has 0 spiro atoms. The molecule has 0 aliphatic heterocycles. The molecule has 2 N–H and O–H groups in total. The number of nitriles is 1. The van der Waals surface area contributed by atoms with Gasteiger partial charge >= 0.3 is 0 Å². The third kappa shape index (κ3) is 2.25. The van der Waals surface area contributed by atoms with Gasteiger partial charge in [-0.3, -0.25) is 0 Å². The number of nitrogens with zero attached hydrogens (tertiary/aromatic N) is 1. The Hall–Kier alpha value is -1.04. The van der Waals surface area contributed by atoms with Crippen LogP contribution in [-0.4, -0.2) is 0 Å². The van der Waals surface area contributed by atoms with Crippen LogP contribution in [0.15, 0.2) is 18.2 Å². The number of halogens is 1. The highest BCUT2D eigenvalue weighted by Gasteiger charge is 2.14. The molecule has 0 aromatic heterocycles. The van der Waals surface area contributed by atoms with Crippen LogP contribution in [0.4, 0.5) is 0 Å². The molecule has 0 aliphatic carbocycles. The Morgan fingerprint density at radius 3 is 2.57 bits per heavy atom. The van der Waals surface area contributed by atoms with Crippen LogP contribution >= 0.6 is 11.6 Å². The maximum absolute atomic E-state index is 8.74. The Balaban J connectivity index is 3.13. The summed E-state index contributed by atoms with van der Waals surface area (Å²) in [4.78, 5) is 0. The van der Waals surface area contributed by atoms with E-state index in [4.69, 9.17) is 22.6 Å². The number of nitrogens with two attached hydrogens (primary N) is 1. The normalized spacial score (nSPS) is 12.6. The molecule has 14 heavy (non-hydrogen) atoms. The monoisotopic (exact) mass is 208 g/mol. The van der Waals surface area contributed by atoms with Gasteiger partial charge in [0, 0.05) is 11.1 Å². The Bertz CT molecular complexity index is 366. The first-order valence-electron chi connectivity index (χ1n) is 4.51. The molecule has 0 unspecified atom stereocenters. The number of hydrogen-bond acceptors (Lipinski definition) is 2. The van der Waals surface area contributed by atoms with Gasteiger partial charge in [0.2, 0.25) is 0 Å². The van der Waals surface area contributed by atoms with Gasteiger partial charge in [0.15, 0.2) is 0 Å². The summed E-state index contributed by atoms with van der Waals surface area (Å²) in [7, 11) is 0. The molecule has 0 saturated heterocycles. The van der Waals surface area contributed by atoms with E-state index in [0.29, 0.717) is 16.5 Å². The summed E-state index contributed by atoms with van der Waals surface area (Å²) in [6.07, 6.45) is 0. The summed E-state index contributed by atoms with van der Waals surface area (Å²) in [5.41, 5.74) is 7.41. The molecular formula is C11H13ClN2. The SMILES string of the molecule is CC(C)[C@@H](N)c1cc(C#N)ccc1Cl. The van der Waals surface area contributed by atoms with Gasteiger partial charge in [-0.1, -0.05) is 25.4 Å². The van der Waals surface area contributed by atoms with Crippen molar-refractivity contribution < 1.29 is 0 Å². The van der Waals surface area contributed by atoms with Crippen LogP contribution in [0.2, 0.25) is 5.02 Å². The molecule has 3 heteroatoms. The third-order valence-corrected chi connectivity index (χ3v) is 2.55. The number of benzene rings is 1. The summed E-state index contributed by atoms with van der Waals surface area (Å²) in [6, 6.07) is 7.13. The van der Waals surface area contributed by atoms with E-state index < -0.39 is 0 Å². The van der Waals surface area contributed by atoms with Gasteiger partial charge in [0.1, 0.15) is 0 Å². The molecule has 74 valence electrons. The van der Waals surface area contributed by atoms with E-state index >= 15 is 0 Å². The first-order chi connectivity index (χ1) is 6.56. The van der Waals surface area contributed by atoms with E-state index in [1.54, 1.807) is 18.2 Å². The number of rotatable bonds is 2. The average Bonchev–Trinajstić information content (AvgIpc) is 2.17. The van der Waals surface area contributed by atoms with Crippen molar-refractivity contribution in [3.63, 3.8) is 0 Å². The molecule has 0 radical (unpaired) electrons. The van der Waals surface area contributed by atoms with Crippen molar-refractivity contribution in [3.05, 3.63) is 34.3 Å². The van der Waals surface area contributed by atoms with Crippen molar-refractivity contribution >= 4 is 11.6 Å². The van der Waals surface area contributed by atoms with E-state index in [-0.39, 0.29) is 6.04 Å². The van der Waals surface area contributed by atoms with Crippen molar-refractivity contribution in [2.75, 3.05) is 0 Å². The topological polar surface area (TPSA) is 49.8 Å². The van der Waals surface area contributed by atoms with Crippen LogP contribution in [0.1, 0.15) is 31.0 Å². The zero-order valence-corrected chi connectivity index (χ0v) is 9.05. The van der Waals surface area contributed by atoms with Crippen molar-refractivity contribution in [1.82, 2.24) is 0 Å². The van der Waals surface area contributed by atoms with Gasteiger partial charge in [0.25, 0.3) is 0 Å². The predicted octanol–water partition coefficient (Wildman–Crippen LogP) is 2.87. The highest BCUT2D eigenvalue weighted by Crippen LogP contribution is 2.27. The van der Waals surface area contributed by atoms with E-state index in [2.05, 4.69) is 6.07 Å². The molecule has 1 aromatic rings. The van der Waals surface area contributed by atoms with Crippen molar-refractivity contribution in [2.24, 2.45) is 11.7 Å². The molecular weight excluding hydrogens is 196 g/mol. The molecule has 1 rings (SSSR count). The fourth-order valence-electron chi connectivity index (χ4n) is 1.23. The highest BCUT2D eigenvalue weighted by atomic mass is 35.5. The maximum atomic E-state index is 8.74. The lowest BCUT2D eigenvalue weighted by Crippen LogP contribution is -2.17. The van der Waals surface area contributed by atoms with Crippen LogP contribution in [-0.2, 0) is 0 Å². The van der Waals surface area contributed by atoms with Crippen molar-refractivity contribution in [1.29, 1.82) is 5.26 Å². The van der Waals surface area contributed by atoms with Gasteiger partial charge in [-0.05, 0) is 29.7 Å². The summed E-state index contributed by atoms with van der Waals surface area (Å²) in [6.45, 7) is 4.06. The second-order valence-electron chi connectivity index (χ2n) is 3.62. The molecule has 2 nitrogen and oxygen atoms in total. The quantitative estimate of drug-likeness (QED) is 0.813. The minimum Gasteiger partial charge on any atom is -0.324 e. The molecule has 0 saturated carbocycles. The Labute approximate surface area is 89.3 Å². The second-order valence-corrected chi connectivity index (χ2v) is 4.03. The minimum atomic E-state index is -0.115. The van der Waals surface area contributed by atoms with E-state index in [9.17, 15) is 0 Å². The van der Waals surface area contributed by atoms with Gasteiger partial charge in [0.05, 0.1) is 11.6 Å². The van der Waals surface area contributed by atoms with Crippen LogP contribution in [0.5, 0.6) is 0 Å². The second kappa shape index (κ2) is 4.45. The highest BCUT2D eigenvalue weighted by molar-refractivity contribution is 6.31. The largest absolute Gasteiger partial charge is 0.324 e. The number of hydrogen-bond donors (Lipinski definition) is 1. The molecule has 1 atom stereocenters. The van der Waals surface area contributed by atoms with Gasteiger partial charge in [-0.25, -0.2) is 0 Å². The average molecular weight is 209 g/mol. The zero-order chi connectivity index (χ0) is 10.7. The zero-order valence-electron chi connectivity index (χ0n) is 8.29. The van der Waals surface area contributed by atoms with Crippen LogP contribution in [0.25, 0.3) is 0 Å². The Morgan fingerprint density at radius 1 is 1.43 bits per heavy atom. The lowest BCUT2D eigenvalue weighted by Gasteiger charge is -2.17. The van der Waals surface area contributed by atoms with Gasteiger partial charge in [-0.15, -0.1) is 0 Å². The summed E-state index contributed by atoms with van der Waals surface area (Å²) in [5, 5.41) is 9.37. The molecule has 0 bridgehead atoms. The van der Waals surface area contributed by atoms with E-state index in [0.717, 1.165) is 5.56 Å². The van der Waals surface area contributed by atoms with Crippen LogP contribution in [0.3, 0.4) is 0 Å². The van der Waals surface area contributed by atoms with Crippen LogP contribution < -0.4 is 5.73 Å². The first kappa shape index (κ1) is 11.0. The predicted molar refractivity (Wildman–Crippen MR) is 57.9 cm³/mol. The van der Waals surface area contributed by atoms with Gasteiger partial charge < -0.3 is 5.73 Å². The molecule has 0 fully saturated rings. The summed E-state index contributed by atoms with van der Waals surface area (Å²) in [5.74, 6) is 0.307. The van der Waals surface area contributed by atoms with Gasteiger partial charge in [-0.2, -0.15) is 5.26 Å². The van der Waals surface area contributed by atoms with Crippen molar-refractivity contribution in [2.45, 2.75) is 19.9 Å². The molecule has 1 aromatic carbocycles. The lowest BCUT2D eigenvalue weighted by molar-refractivity contribution is 0.514. The Morgan fingerprint density at radius 2 is 2.07 bits per heavy atom. The minimum absolute atomic E-state index is 0.115. The van der Waals surface area contributed by atoms with Crippen LogP contribution in [0, 0.1) is 17.2 Å². The summed E-state index contributed by atoms with van der Waals surface area (Å²) < 4.78 is 0. The maximum Gasteiger partial charge on any atom is 0.0991 e. The fourth-order valence-corrected chi connectivity index (χ4v) is 1.47. The fraction of sp³-hybridized carbons (Fsp3) is 0.364. The van der Waals surface area contributed by atoms with Crippen molar-refractivity contribution in [3.8, 4) is 6.07 Å². The molecule has 0 aliphatic rings. The first-order valence-corrected chi connectivity index (χ1v) is 4.89. The summed E-state index contributed by atoms with van der Waals surface area (Å²) >= 11 is 6.00. The van der Waals surface area contributed by atoms with E-state index in [1.807, 2.05) is 13.8 Å². The van der Waals surface area contributed by atoms with E-state index in [1.165, 1.54) is 0 Å². The lowest BCUT2D eigenvalue weighted by atomic mass is 9.96. The smallest absolute Gasteiger partial charge is 0.0991 e.